The summed E-state index contributed by atoms with van der Waals surface area (Å²) in [6.07, 6.45) is 2.18. The van der Waals surface area contributed by atoms with Crippen molar-refractivity contribution in [1.82, 2.24) is 0 Å². The van der Waals surface area contributed by atoms with E-state index >= 15 is 0 Å². The molecule has 0 bridgehead atoms. The van der Waals surface area contributed by atoms with Crippen molar-refractivity contribution in [2.75, 3.05) is 20.8 Å². The molecule has 0 atom stereocenters. The molecule has 0 aromatic rings. The van der Waals surface area contributed by atoms with Crippen LogP contribution in [0.4, 0.5) is 0 Å². The lowest BCUT2D eigenvalue weighted by atomic mass is 10.3. The van der Waals surface area contributed by atoms with Gasteiger partial charge in [0.1, 0.15) is 0 Å². The van der Waals surface area contributed by atoms with Crippen molar-refractivity contribution in [2.45, 2.75) is 25.4 Å². The van der Waals surface area contributed by atoms with Gasteiger partial charge in [0.25, 0.3) is 0 Å². The van der Waals surface area contributed by atoms with Crippen molar-refractivity contribution < 1.29 is 8.85 Å². The lowest BCUT2D eigenvalue weighted by Crippen LogP contribution is -2.35. The lowest BCUT2D eigenvalue weighted by Gasteiger charge is -2.22. The molecule has 0 saturated heterocycles. The van der Waals surface area contributed by atoms with Crippen LogP contribution in [0.5, 0.6) is 0 Å². The molecular weight excluding hydrogens is 158 g/mol. The van der Waals surface area contributed by atoms with Gasteiger partial charge in [-0.25, -0.2) is 0 Å². The van der Waals surface area contributed by atoms with Gasteiger partial charge in [0.05, 0.1) is 0 Å². The molecular formula is C7H19NO2Si. The van der Waals surface area contributed by atoms with Crippen molar-refractivity contribution in [1.29, 1.82) is 0 Å². The first-order valence-electron chi connectivity index (χ1n) is 3.99. The van der Waals surface area contributed by atoms with E-state index in [2.05, 4.69) is 6.55 Å². The van der Waals surface area contributed by atoms with E-state index in [9.17, 15) is 0 Å². The summed E-state index contributed by atoms with van der Waals surface area (Å²) in [5, 5.41) is 0. The summed E-state index contributed by atoms with van der Waals surface area (Å²) in [6, 6.07) is 1.04. The summed E-state index contributed by atoms with van der Waals surface area (Å²) in [5.41, 5.74) is 5.37. The minimum absolute atomic E-state index is 0.762. The fourth-order valence-electron chi connectivity index (χ4n) is 0.878. The molecule has 3 nitrogen and oxygen atoms in total. The van der Waals surface area contributed by atoms with Crippen LogP contribution in [0.2, 0.25) is 12.6 Å². The maximum absolute atomic E-state index is 5.37. The number of unbranched alkanes of at least 4 members (excludes halogenated alkanes) is 1. The largest absolute Gasteiger partial charge is 0.398 e. The van der Waals surface area contributed by atoms with Gasteiger partial charge < -0.3 is 14.6 Å². The SMILES string of the molecule is CO[Si](C)(CCCCN)OC. The standard InChI is InChI=1S/C7H19NO2Si/c1-9-11(3,10-2)7-5-4-6-8/h4-8H2,1-3H3. The fraction of sp³-hybridized carbons (Fsp3) is 1.00. The monoisotopic (exact) mass is 177 g/mol. The maximum atomic E-state index is 5.37. The highest BCUT2D eigenvalue weighted by Gasteiger charge is 2.27. The van der Waals surface area contributed by atoms with Gasteiger partial charge in [-0.3, -0.25) is 0 Å². The Morgan fingerprint density at radius 2 is 1.73 bits per heavy atom. The maximum Gasteiger partial charge on any atom is 0.334 e. The van der Waals surface area contributed by atoms with Crippen LogP contribution in [-0.4, -0.2) is 29.3 Å². The Kier molecular flexibility index (Phi) is 5.76. The highest BCUT2D eigenvalue weighted by molar-refractivity contribution is 6.65. The zero-order valence-electron chi connectivity index (χ0n) is 7.72. The van der Waals surface area contributed by atoms with Crippen molar-refractivity contribution in [3.05, 3.63) is 0 Å². The second-order valence-corrected chi connectivity index (χ2v) is 6.37. The molecule has 0 amide bonds. The molecule has 0 aromatic carbocycles. The van der Waals surface area contributed by atoms with Gasteiger partial charge >= 0.3 is 8.56 Å². The number of hydrogen-bond donors (Lipinski definition) is 1. The van der Waals surface area contributed by atoms with E-state index < -0.39 is 8.56 Å². The average Bonchev–Trinajstić information content (AvgIpc) is 2.05. The van der Waals surface area contributed by atoms with Crippen LogP contribution < -0.4 is 5.73 Å². The predicted octanol–water partition coefficient (Wildman–Crippen LogP) is 1.09. The third-order valence-electron chi connectivity index (χ3n) is 1.95. The molecule has 2 N–H and O–H groups in total. The van der Waals surface area contributed by atoms with Gasteiger partial charge in [0, 0.05) is 14.2 Å². The Bertz CT molecular complexity index is 96.4. The van der Waals surface area contributed by atoms with E-state index in [1.165, 1.54) is 0 Å². The summed E-state index contributed by atoms with van der Waals surface area (Å²) < 4.78 is 10.6. The smallest absolute Gasteiger partial charge is 0.334 e. The van der Waals surface area contributed by atoms with Crippen LogP contribution in [0.25, 0.3) is 0 Å². The summed E-state index contributed by atoms with van der Waals surface area (Å²) in [6.45, 7) is 2.83. The molecule has 0 aromatic heterocycles. The molecule has 11 heavy (non-hydrogen) atoms. The molecule has 0 spiro atoms. The van der Waals surface area contributed by atoms with Crippen LogP contribution in [0, 0.1) is 0 Å². The summed E-state index contributed by atoms with van der Waals surface area (Å²) in [7, 11) is 1.65. The lowest BCUT2D eigenvalue weighted by molar-refractivity contribution is 0.248. The van der Waals surface area contributed by atoms with Crippen LogP contribution in [0.1, 0.15) is 12.8 Å². The average molecular weight is 177 g/mol. The quantitative estimate of drug-likeness (QED) is 0.488. The summed E-state index contributed by atoms with van der Waals surface area (Å²) in [5.74, 6) is 0. The van der Waals surface area contributed by atoms with E-state index in [0.717, 1.165) is 25.4 Å². The first-order valence-corrected chi connectivity index (χ1v) is 6.51. The molecule has 68 valence electrons. The van der Waals surface area contributed by atoms with Crippen molar-refractivity contribution >= 4 is 8.56 Å². The Morgan fingerprint density at radius 3 is 2.09 bits per heavy atom. The third kappa shape index (κ3) is 4.52. The number of hydrogen-bond acceptors (Lipinski definition) is 3. The van der Waals surface area contributed by atoms with Crippen LogP contribution in [0.15, 0.2) is 0 Å². The molecule has 0 heterocycles. The minimum atomic E-state index is -1.79. The highest BCUT2D eigenvalue weighted by atomic mass is 28.4. The molecule has 0 unspecified atom stereocenters. The Morgan fingerprint density at radius 1 is 1.18 bits per heavy atom. The second kappa shape index (κ2) is 5.71. The minimum Gasteiger partial charge on any atom is -0.398 e. The number of nitrogens with two attached hydrogens (primary N) is 1. The Labute approximate surface area is 70.1 Å². The van der Waals surface area contributed by atoms with Crippen molar-refractivity contribution in [3.8, 4) is 0 Å². The zero-order valence-corrected chi connectivity index (χ0v) is 8.72. The van der Waals surface area contributed by atoms with Crippen LogP contribution in [0.3, 0.4) is 0 Å². The van der Waals surface area contributed by atoms with E-state index in [4.69, 9.17) is 14.6 Å². The van der Waals surface area contributed by atoms with Gasteiger partial charge in [-0.15, -0.1) is 0 Å². The van der Waals surface area contributed by atoms with E-state index in [1.807, 2.05) is 0 Å². The van der Waals surface area contributed by atoms with Crippen LogP contribution >= 0.6 is 0 Å². The number of rotatable bonds is 6. The van der Waals surface area contributed by atoms with Gasteiger partial charge in [-0.2, -0.15) is 0 Å². The topological polar surface area (TPSA) is 44.5 Å². The van der Waals surface area contributed by atoms with Crippen molar-refractivity contribution in [2.24, 2.45) is 5.73 Å². The molecule has 0 aliphatic rings. The van der Waals surface area contributed by atoms with Gasteiger partial charge in [0.15, 0.2) is 0 Å². The first-order chi connectivity index (χ1) is 5.18. The van der Waals surface area contributed by atoms with Crippen LogP contribution in [-0.2, 0) is 8.85 Å². The van der Waals surface area contributed by atoms with E-state index in [-0.39, 0.29) is 0 Å². The molecule has 0 radical (unpaired) electrons. The molecule has 0 saturated carbocycles. The van der Waals surface area contributed by atoms with Crippen molar-refractivity contribution in [3.63, 3.8) is 0 Å². The molecule has 0 fully saturated rings. The Balaban J connectivity index is 3.51. The molecule has 0 rings (SSSR count). The molecule has 0 aliphatic heterocycles. The normalized spacial score (nSPS) is 12.0. The highest BCUT2D eigenvalue weighted by Crippen LogP contribution is 2.14. The van der Waals surface area contributed by atoms with Gasteiger partial charge in [-0.1, -0.05) is 6.42 Å². The van der Waals surface area contributed by atoms with E-state index in [1.54, 1.807) is 14.2 Å². The summed E-state index contributed by atoms with van der Waals surface area (Å²) >= 11 is 0. The molecule has 0 aliphatic carbocycles. The predicted molar refractivity (Wildman–Crippen MR) is 48.7 cm³/mol. The summed E-state index contributed by atoms with van der Waals surface area (Å²) in [4.78, 5) is 0. The van der Waals surface area contributed by atoms with Gasteiger partial charge in [-0.05, 0) is 25.6 Å². The zero-order chi connectivity index (χ0) is 8.74. The second-order valence-electron chi connectivity index (χ2n) is 2.79. The Hall–Kier alpha value is 0.0969. The fourth-order valence-corrected chi connectivity index (χ4v) is 2.35. The third-order valence-corrected chi connectivity index (χ3v) is 4.94. The van der Waals surface area contributed by atoms with Gasteiger partial charge in [0.2, 0.25) is 0 Å². The first kappa shape index (κ1) is 11.1. The molecule has 4 heteroatoms. The van der Waals surface area contributed by atoms with E-state index in [0.29, 0.717) is 0 Å².